The number of hydrogen-bond donors (Lipinski definition) is 0. The van der Waals surface area contributed by atoms with Crippen LogP contribution < -0.4 is 0 Å². The molecule has 1 saturated heterocycles. The molecule has 198 valence electrons. The van der Waals surface area contributed by atoms with Crippen LogP contribution in [0.2, 0.25) is 39.3 Å². The summed E-state index contributed by atoms with van der Waals surface area (Å²) in [4.78, 5) is 0. The van der Waals surface area contributed by atoms with Crippen molar-refractivity contribution in [2.45, 2.75) is 98.1 Å². The second-order valence-electron chi connectivity index (χ2n) is 14.0. The lowest BCUT2D eigenvalue weighted by Crippen LogP contribution is -2.96. The van der Waals surface area contributed by atoms with Gasteiger partial charge in [-0.1, -0.05) is 107 Å². The summed E-state index contributed by atoms with van der Waals surface area (Å²) in [6, 6.07) is 21.4. The Balaban J connectivity index is 2.38. The van der Waals surface area contributed by atoms with E-state index in [1.54, 1.807) is 0 Å². The minimum Gasteiger partial charge on any atom is -0.507 e. The van der Waals surface area contributed by atoms with Gasteiger partial charge in [0.25, 0.3) is 0 Å². The van der Waals surface area contributed by atoms with Gasteiger partial charge in [0.05, 0.1) is 6.17 Å². The fourth-order valence-corrected chi connectivity index (χ4v) is 26.9. The fraction of sp³-hybridized carbons (Fsp3) is 0.517. The van der Waals surface area contributed by atoms with Crippen LogP contribution in [0.1, 0.15) is 58.8 Å². The molecule has 2 aromatic carbocycles. The molecule has 1 heterocycles. The summed E-state index contributed by atoms with van der Waals surface area (Å²) in [7, 11) is -6.66. The molecule has 2 aromatic rings. The van der Waals surface area contributed by atoms with E-state index in [2.05, 4.69) is 161 Å². The normalized spacial score (nSPS) is 22.4. The van der Waals surface area contributed by atoms with E-state index in [0.29, 0.717) is 0 Å². The fourth-order valence-electron chi connectivity index (χ4n) is 6.11. The lowest BCUT2D eigenvalue weighted by atomic mass is 10.0. The monoisotopic (exact) mass is 539 g/mol. The maximum Gasteiger partial charge on any atom is 0.502 e. The number of hydrogen-bond acceptors (Lipinski definition) is 4. The Bertz CT molecular complexity index is 1010. The molecule has 0 amide bonds. The smallest absolute Gasteiger partial charge is 0.502 e. The first-order valence-corrected chi connectivity index (χ1v) is 21.8. The average molecular weight is 540 g/mol. The van der Waals surface area contributed by atoms with Gasteiger partial charge in [0, 0.05) is 16.6 Å². The third kappa shape index (κ3) is 5.37. The van der Waals surface area contributed by atoms with E-state index in [-0.39, 0.29) is 17.2 Å². The first-order valence-electron chi connectivity index (χ1n) is 13.2. The molecule has 0 radical (unpaired) electrons. The zero-order valence-electron chi connectivity index (χ0n) is 24.8. The molecule has 36 heavy (non-hydrogen) atoms. The summed E-state index contributed by atoms with van der Waals surface area (Å²) in [5.41, 5.74) is 2.17. The molecule has 1 aliphatic rings. The van der Waals surface area contributed by atoms with Crippen molar-refractivity contribution < 1.29 is 4.43 Å². The van der Waals surface area contributed by atoms with Crippen molar-refractivity contribution in [2.24, 2.45) is 0 Å². The topological polar surface area (TPSA) is 19.0 Å². The van der Waals surface area contributed by atoms with Crippen LogP contribution in [0.15, 0.2) is 67.2 Å². The van der Waals surface area contributed by atoms with Gasteiger partial charge >= 0.3 is 8.80 Å². The molecule has 0 atom stereocenters. The Hall–Kier alpha value is -1.49. The van der Waals surface area contributed by atoms with Crippen molar-refractivity contribution in [2.75, 3.05) is 0 Å². The van der Waals surface area contributed by atoms with Crippen LogP contribution in [0.3, 0.4) is 0 Å². The van der Waals surface area contributed by atoms with Gasteiger partial charge in [0.15, 0.2) is 0 Å². The number of rotatable bonds is 7. The molecule has 1 fully saturated rings. The Morgan fingerprint density at radius 2 is 1.14 bits per heavy atom. The third-order valence-electron chi connectivity index (χ3n) is 6.65. The van der Waals surface area contributed by atoms with Crippen molar-refractivity contribution >= 4 is 31.0 Å². The predicted molar refractivity (Wildman–Crippen MR) is 163 cm³/mol. The van der Waals surface area contributed by atoms with Crippen LogP contribution in [0.4, 0.5) is 0 Å². The second kappa shape index (κ2) is 9.67. The molecule has 3 rings (SSSR count). The van der Waals surface area contributed by atoms with E-state index < -0.39 is 25.3 Å². The Morgan fingerprint density at radius 3 is 1.50 bits per heavy atom. The molecular formula is C29H49N3OSi3. The van der Waals surface area contributed by atoms with Crippen LogP contribution in [-0.4, -0.2) is 49.4 Å². The summed E-state index contributed by atoms with van der Waals surface area (Å²) in [5, 5.41) is 0. The summed E-state index contributed by atoms with van der Waals surface area (Å²) >= 11 is 0. The zero-order valence-corrected chi connectivity index (χ0v) is 27.8. The molecule has 0 unspecified atom stereocenters. The highest BCUT2D eigenvalue weighted by Gasteiger charge is 2.77. The van der Waals surface area contributed by atoms with Crippen LogP contribution >= 0.6 is 0 Å². The lowest BCUT2D eigenvalue weighted by Gasteiger charge is -2.74. The van der Waals surface area contributed by atoms with Gasteiger partial charge in [-0.25, -0.2) is 9.13 Å². The van der Waals surface area contributed by atoms with Gasteiger partial charge in [-0.05, 0) is 47.1 Å². The molecule has 7 heteroatoms. The summed E-state index contributed by atoms with van der Waals surface area (Å²) in [6.07, 6.45) is 0.136. The van der Waals surface area contributed by atoms with Gasteiger partial charge in [0.2, 0.25) is 0 Å². The molecule has 0 spiro atoms. The Morgan fingerprint density at radius 1 is 0.750 bits per heavy atom. The highest BCUT2D eigenvalue weighted by Crippen LogP contribution is 2.56. The highest BCUT2D eigenvalue weighted by molar-refractivity contribution is 7.02. The van der Waals surface area contributed by atoms with Crippen LogP contribution in [0.5, 0.6) is 0 Å². The molecule has 0 bridgehead atoms. The molecule has 0 N–H and O–H groups in total. The predicted octanol–water partition coefficient (Wildman–Crippen LogP) is 7.99. The number of nitrogens with zero attached hydrogens (tertiary/aromatic N) is 3. The first-order chi connectivity index (χ1) is 16.3. The molecule has 0 aliphatic carbocycles. The van der Waals surface area contributed by atoms with Gasteiger partial charge in [-0.3, -0.25) is 0 Å². The van der Waals surface area contributed by atoms with Gasteiger partial charge < -0.3 is 8.32 Å². The van der Waals surface area contributed by atoms with Crippen LogP contribution in [0.25, 0.3) is 5.76 Å². The Labute approximate surface area is 224 Å². The minimum absolute atomic E-state index is 0.108. The van der Waals surface area contributed by atoms with Crippen molar-refractivity contribution in [3.05, 3.63) is 78.4 Å². The van der Waals surface area contributed by atoms with Crippen LogP contribution in [0, 0.1) is 0 Å². The van der Waals surface area contributed by atoms with E-state index >= 15 is 0 Å². The maximum atomic E-state index is 7.50. The van der Waals surface area contributed by atoms with Gasteiger partial charge in [-0.15, -0.1) is 0 Å². The molecular weight excluding hydrogens is 491 g/mol. The van der Waals surface area contributed by atoms with Crippen molar-refractivity contribution in [1.29, 1.82) is 0 Å². The van der Waals surface area contributed by atoms with E-state index in [9.17, 15) is 0 Å². The standard InChI is InChI=1S/C29H49N3OSi3/c1-24(25-20-16-14-17-21-25)33-36(32(34(8,9)10)35(11,12)13)30(28(2,3)4)27(31(36)29(5,6)7)26-22-18-15-19-23-26/h14-23,27H,1H2,2-13H3. The lowest BCUT2D eigenvalue weighted by molar-refractivity contribution is -0.0916. The van der Waals surface area contributed by atoms with Gasteiger partial charge in [-0.2, -0.15) is 0 Å². The second-order valence-corrected chi connectivity index (χ2v) is 27.7. The van der Waals surface area contributed by atoms with E-state index in [0.717, 1.165) is 11.3 Å². The summed E-state index contributed by atoms with van der Waals surface area (Å²) in [6.45, 7) is 33.6. The van der Waals surface area contributed by atoms with Crippen molar-refractivity contribution in [3.8, 4) is 0 Å². The van der Waals surface area contributed by atoms with E-state index in [1.165, 1.54) is 5.56 Å². The molecule has 0 aromatic heterocycles. The highest BCUT2D eigenvalue weighted by atomic mass is 28.5. The SMILES string of the molecule is C=C(O[Si]1(N([Si](C)(C)C)[Si](C)(C)C)N(C(C)(C)C)C(c2ccccc2)N1C(C)(C)C)c1ccccc1. The van der Waals surface area contributed by atoms with E-state index in [1.807, 2.05) is 0 Å². The average Bonchev–Trinajstić information content (AvgIpc) is 2.68. The van der Waals surface area contributed by atoms with Crippen LogP contribution in [-0.2, 0) is 4.43 Å². The first kappa shape index (κ1) is 29.1. The Kier molecular flexibility index (Phi) is 7.81. The third-order valence-corrected chi connectivity index (χ3v) is 23.3. The molecule has 4 nitrogen and oxygen atoms in total. The zero-order chi connectivity index (χ0) is 27.3. The van der Waals surface area contributed by atoms with Crippen molar-refractivity contribution in [3.63, 3.8) is 0 Å². The molecule has 1 aliphatic heterocycles. The van der Waals surface area contributed by atoms with Gasteiger partial charge in [0.1, 0.15) is 22.2 Å². The summed E-state index contributed by atoms with van der Waals surface area (Å²) in [5.74, 6) is 0.777. The maximum absolute atomic E-state index is 7.50. The number of benzene rings is 2. The van der Waals surface area contributed by atoms with E-state index in [4.69, 9.17) is 4.43 Å². The molecule has 0 saturated carbocycles. The summed E-state index contributed by atoms with van der Waals surface area (Å²) < 4.78 is 16.0. The van der Waals surface area contributed by atoms with Crippen molar-refractivity contribution in [1.82, 2.24) is 13.0 Å². The quantitative estimate of drug-likeness (QED) is 0.262. The largest absolute Gasteiger partial charge is 0.507 e. The minimum atomic E-state index is -2.94.